The molecule has 0 saturated carbocycles. The Bertz CT molecular complexity index is 581. The molecule has 0 saturated heterocycles. The van der Waals surface area contributed by atoms with Crippen LogP contribution in [0.3, 0.4) is 0 Å². The largest absolute Gasteiger partial charge is 0.497 e. The van der Waals surface area contributed by atoms with Crippen molar-refractivity contribution in [2.75, 3.05) is 7.11 Å². The highest BCUT2D eigenvalue weighted by atomic mass is 16.5. The van der Waals surface area contributed by atoms with Crippen LogP contribution >= 0.6 is 0 Å². The molecule has 19 heavy (non-hydrogen) atoms. The van der Waals surface area contributed by atoms with Crippen molar-refractivity contribution < 1.29 is 4.74 Å². The van der Waals surface area contributed by atoms with Crippen molar-refractivity contribution in [1.29, 1.82) is 0 Å². The third-order valence-corrected chi connectivity index (χ3v) is 3.75. The standard InChI is InChI=1S/C16H18N2O/c1-19-13-5-2-4-12(10-13)8-9-16-14-6-3-7-15(14)17-11-18-16/h2,4-5,10-11H,3,6-9H2,1H3. The lowest BCUT2D eigenvalue weighted by atomic mass is 10.0. The smallest absolute Gasteiger partial charge is 0.119 e. The lowest BCUT2D eigenvalue weighted by molar-refractivity contribution is 0.414. The molecule has 0 radical (unpaired) electrons. The van der Waals surface area contributed by atoms with E-state index >= 15 is 0 Å². The third kappa shape index (κ3) is 2.60. The zero-order valence-corrected chi connectivity index (χ0v) is 11.2. The molecule has 98 valence electrons. The Morgan fingerprint density at radius 1 is 1.16 bits per heavy atom. The van der Waals surface area contributed by atoms with Crippen molar-refractivity contribution in [1.82, 2.24) is 9.97 Å². The molecule has 0 atom stereocenters. The van der Waals surface area contributed by atoms with Gasteiger partial charge in [-0.05, 0) is 55.4 Å². The first kappa shape index (κ1) is 12.2. The first-order valence-corrected chi connectivity index (χ1v) is 6.81. The van der Waals surface area contributed by atoms with Gasteiger partial charge in [0.1, 0.15) is 12.1 Å². The molecule has 2 aromatic rings. The fourth-order valence-electron chi connectivity index (χ4n) is 2.73. The van der Waals surface area contributed by atoms with E-state index in [1.165, 1.54) is 28.9 Å². The minimum absolute atomic E-state index is 0.922. The molecule has 3 rings (SSSR count). The summed E-state index contributed by atoms with van der Waals surface area (Å²) in [5.41, 5.74) is 5.18. The normalized spacial score (nSPS) is 13.3. The van der Waals surface area contributed by atoms with E-state index in [-0.39, 0.29) is 0 Å². The van der Waals surface area contributed by atoms with Gasteiger partial charge in [-0.1, -0.05) is 12.1 Å². The summed E-state index contributed by atoms with van der Waals surface area (Å²) < 4.78 is 5.26. The van der Waals surface area contributed by atoms with Gasteiger partial charge in [-0.2, -0.15) is 0 Å². The number of methoxy groups -OCH3 is 1. The van der Waals surface area contributed by atoms with Gasteiger partial charge >= 0.3 is 0 Å². The van der Waals surface area contributed by atoms with Crippen LogP contribution in [-0.2, 0) is 25.7 Å². The predicted octanol–water partition coefficient (Wildman–Crippen LogP) is 2.76. The van der Waals surface area contributed by atoms with E-state index in [0.717, 1.165) is 31.4 Å². The maximum absolute atomic E-state index is 5.26. The summed E-state index contributed by atoms with van der Waals surface area (Å²) in [6, 6.07) is 8.26. The molecule has 3 heteroatoms. The van der Waals surface area contributed by atoms with Gasteiger partial charge in [-0.25, -0.2) is 9.97 Å². The van der Waals surface area contributed by atoms with E-state index in [1.807, 2.05) is 12.1 Å². The van der Waals surface area contributed by atoms with E-state index in [0.29, 0.717) is 0 Å². The second-order valence-corrected chi connectivity index (χ2v) is 4.95. The fraction of sp³-hybridized carbons (Fsp3) is 0.375. The molecule has 0 N–H and O–H groups in total. The van der Waals surface area contributed by atoms with Gasteiger partial charge in [-0.15, -0.1) is 0 Å². The number of hydrogen-bond acceptors (Lipinski definition) is 3. The topological polar surface area (TPSA) is 35.0 Å². The van der Waals surface area contributed by atoms with Gasteiger partial charge in [-0.3, -0.25) is 0 Å². The van der Waals surface area contributed by atoms with Crippen molar-refractivity contribution in [2.45, 2.75) is 32.1 Å². The Morgan fingerprint density at radius 3 is 3.00 bits per heavy atom. The molecule has 1 aliphatic rings. The minimum atomic E-state index is 0.922. The monoisotopic (exact) mass is 254 g/mol. The Kier molecular flexibility index (Phi) is 3.45. The van der Waals surface area contributed by atoms with Crippen LogP contribution in [0, 0.1) is 0 Å². The molecule has 1 aliphatic carbocycles. The zero-order chi connectivity index (χ0) is 13.1. The number of ether oxygens (including phenoxy) is 1. The lowest BCUT2D eigenvalue weighted by Gasteiger charge is -2.07. The summed E-state index contributed by atoms with van der Waals surface area (Å²) in [7, 11) is 1.70. The molecule has 1 aromatic heterocycles. The van der Waals surface area contributed by atoms with Crippen LogP contribution in [0.2, 0.25) is 0 Å². The summed E-state index contributed by atoms with van der Waals surface area (Å²) in [5, 5.41) is 0. The van der Waals surface area contributed by atoms with Crippen LogP contribution in [-0.4, -0.2) is 17.1 Å². The summed E-state index contributed by atoms with van der Waals surface area (Å²) in [6.07, 6.45) is 7.18. The van der Waals surface area contributed by atoms with Crippen LogP contribution in [0.5, 0.6) is 5.75 Å². The summed E-state index contributed by atoms with van der Waals surface area (Å²) in [4.78, 5) is 8.84. The summed E-state index contributed by atoms with van der Waals surface area (Å²) >= 11 is 0. The van der Waals surface area contributed by atoms with Crippen molar-refractivity contribution >= 4 is 0 Å². The maximum atomic E-state index is 5.26. The molecule has 3 nitrogen and oxygen atoms in total. The van der Waals surface area contributed by atoms with Gasteiger partial charge in [0.25, 0.3) is 0 Å². The molecule has 1 aromatic carbocycles. The Hall–Kier alpha value is -1.90. The second-order valence-electron chi connectivity index (χ2n) is 4.95. The first-order chi connectivity index (χ1) is 9.36. The highest BCUT2D eigenvalue weighted by molar-refractivity contribution is 5.32. The number of fused-ring (bicyclic) bond motifs is 1. The van der Waals surface area contributed by atoms with Gasteiger partial charge in [0.05, 0.1) is 7.11 Å². The highest BCUT2D eigenvalue weighted by Crippen LogP contribution is 2.23. The molecule has 0 amide bonds. The van der Waals surface area contributed by atoms with Crippen molar-refractivity contribution in [3.05, 3.63) is 53.1 Å². The number of nitrogens with zero attached hydrogens (tertiary/aromatic N) is 2. The SMILES string of the molecule is COc1cccc(CCc2ncnc3c2CCC3)c1. The van der Waals surface area contributed by atoms with Gasteiger partial charge < -0.3 is 4.74 Å². The molecule has 0 bridgehead atoms. The van der Waals surface area contributed by atoms with Crippen LogP contribution in [0.4, 0.5) is 0 Å². The molecular formula is C16H18N2O. The van der Waals surface area contributed by atoms with Gasteiger partial charge in [0, 0.05) is 11.4 Å². The van der Waals surface area contributed by atoms with E-state index in [9.17, 15) is 0 Å². The number of hydrogen-bond donors (Lipinski definition) is 0. The van der Waals surface area contributed by atoms with Crippen molar-refractivity contribution in [3.63, 3.8) is 0 Å². The maximum Gasteiger partial charge on any atom is 0.119 e. The third-order valence-electron chi connectivity index (χ3n) is 3.75. The average molecular weight is 254 g/mol. The average Bonchev–Trinajstić information content (AvgIpc) is 2.94. The number of aromatic nitrogens is 2. The van der Waals surface area contributed by atoms with E-state index < -0.39 is 0 Å². The quantitative estimate of drug-likeness (QED) is 0.841. The summed E-state index contributed by atoms with van der Waals surface area (Å²) in [5.74, 6) is 0.922. The zero-order valence-electron chi connectivity index (χ0n) is 11.2. The van der Waals surface area contributed by atoms with E-state index in [2.05, 4.69) is 22.1 Å². The van der Waals surface area contributed by atoms with Gasteiger partial charge in [0.2, 0.25) is 0 Å². The van der Waals surface area contributed by atoms with Crippen molar-refractivity contribution in [2.24, 2.45) is 0 Å². The lowest BCUT2D eigenvalue weighted by Crippen LogP contribution is -2.02. The van der Waals surface area contributed by atoms with E-state index in [1.54, 1.807) is 13.4 Å². The molecular weight excluding hydrogens is 236 g/mol. The van der Waals surface area contributed by atoms with Crippen LogP contribution < -0.4 is 4.74 Å². The second kappa shape index (κ2) is 5.39. The molecule has 0 aliphatic heterocycles. The molecule has 0 unspecified atom stereocenters. The minimum Gasteiger partial charge on any atom is -0.497 e. The van der Waals surface area contributed by atoms with Crippen molar-refractivity contribution in [3.8, 4) is 5.75 Å². The Balaban J connectivity index is 1.74. The molecule has 0 fully saturated rings. The fourth-order valence-corrected chi connectivity index (χ4v) is 2.73. The Morgan fingerprint density at radius 2 is 2.11 bits per heavy atom. The predicted molar refractivity (Wildman–Crippen MR) is 74.5 cm³/mol. The number of aryl methyl sites for hydroxylation is 3. The van der Waals surface area contributed by atoms with Gasteiger partial charge in [0.15, 0.2) is 0 Å². The van der Waals surface area contributed by atoms with E-state index in [4.69, 9.17) is 4.74 Å². The van der Waals surface area contributed by atoms with Crippen LogP contribution in [0.15, 0.2) is 30.6 Å². The van der Waals surface area contributed by atoms with Crippen LogP contribution in [0.25, 0.3) is 0 Å². The first-order valence-electron chi connectivity index (χ1n) is 6.81. The molecule has 1 heterocycles. The van der Waals surface area contributed by atoms with Crippen LogP contribution in [0.1, 0.15) is 28.9 Å². The summed E-state index contributed by atoms with van der Waals surface area (Å²) in [6.45, 7) is 0. The Labute approximate surface area is 113 Å². The number of benzene rings is 1. The highest BCUT2D eigenvalue weighted by Gasteiger charge is 2.16. The number of rotatable bonds is 4. The molecule has 0 spiro atoms.